The molecule has 11 heteroatoms. The second kappa shape index (κ2) is 8.81. The van der Waals surface area contributed by atoms with E-state index >= 15 is 0 Å². The normalized spacial score (nSPS) is 11.5. The Kier molecular flexibility index (Phi) is 6.76. The first kappa shape index (κ1) is 19.2. The number of nitrogens with zero attached hydrogens (tertiary/aromatic N) is 4. The van der Waals surface area contributed by atoms with Crippen molar-refractivity contribution in [3.05, 3.63) is 24.3 Å². The first-order valence-electron chi connectivity index (χ1n) is 7.29. The molecule has 1 amide bonds. The first-order valence-corrected chi connectivity index (χ1v) is 8.27. The fraction of sp³-hybridized carbons (Fsp3) is 0.429. The van der Waals surface area contributed by atoms with Gasteiger partial charge in [-0.2, -0.15) is 17.9 Å². The number of rotatable bonds is 8. The zero-order chi connectivity index (χ0) is 18.3. The number of ether oxygens (including phenoxy) is 1. The summed E-state index contributed by atoms with van der Waals surface area (Å²) >= 11 is 1.30. The number of hydrogen-bond donors (Lipinski definition) is 1. The minimum absolute atomic E-state index is 0.00604. The standard InChI is InChI=1S/C14H16F3N5O2S/c1-10(23)18-11-4-2-5-12(8-11)22-13(19-20-21-22)25-7-3-6-24-9-14(15,16)17/h2,4-5,8H,3,6-7,9H2,1H3,(H,18,23). The summed E-state index contributed by atoms with van der Waals surface area (Å²) in [5.41, 5.74) is 1.27. The van der Waals surface area contributed by atoms with Gasteiger partial charge in [-0.05, 0) is 35.0 Å². The van der Waals surface area contributed by atoms with Crippen LogP contribution in [0.3, 0.4) is 0 Å². The van der Waals surface area contributed by atoms with E-state index in [1.54, 1.807) is 24.3 Å². The fourth-order valence-corrected chi connectivity index (χ4v) is 2.67. The molecule has 7 nitrogen and oxygen atoms in total. The number of alkyl halides is 3. The summed E-state index contributed by atoms with van der Waals surface area (Å²) in [6.07, 6.45) is -3.88. The average molecular weight is 375 g/mol. The topological polar surface area (TPSA) is 81.9 Å². The highest BCUT2D eigenvalue weighted by atomic mass is 32.2. The van der Waals surface area contributed by atoms with E-state index in [0.717, 1.165) is 0 Å². The molecule has 0 fully saturated rings. The van der Waals surface area contributed by atoms with Crippen molar-refractivity contribution in [1.29, 1.82) is 0 Å². The number of halogens is 3. The van der Waals surface area contributed by atoms with Crippen LogP contribution in [0, 0.1) is 0 Å². The molecular weight excluding hydrogens is 359 g/mol. The maximum Gasteiger partial charge on any atom is 0.411 e. The van der Waals surface area contributed by atoms with E-state index < -0.39 is 12.8 Å². The highest BCUT2D eigenvalue weighted by molar-refractivity contribution is 7.99. The molecule has 0 unspecified atom stereocenters. The molecule has 1 aromatic carbocycles. The van der Waals surface area contributed by atoms with E-state index in [-0.39, 0.29) is 12.5 Å². The molecule has 0 aliphatic carbocycles. The van der Waals surface area contributed by atoms with Crippen LogP contribution in [0.1, 0.15) is 13.3 Å². The molecule has 25 heavy (non-hydrogen) atoms. The van der Waals surface area contributed by atoms with Gasteiger partial charge in [0.15, 0.2) is 0 Å². The van der Waals surface area contributed by atoms with Gasteiger partial charge in [-0.3, -0.25) is 4.79 Å². The second-order valence-electron chi connectivity index (χ2n) is 4.97. The molecule has 0 bridgehead atoms. The van der Waals surface area contributed by atoms with Gasteiger partial charge in [0.25, 0.3) is 0 Å². The predicted octanol–water partition coefficient (Wildman–Crippen LogP) is 2.68. The molecular formula is C14H16F3N5O2S. The van der Waals surface area contributed by atoms with Gasteiger partial charge in [0.1, 0.15) is 6.61 Å². The van der Waals surface area contributed by atoms with E-state index in [4.69, 9.17) is 0 Å². The van der Waals surface area contributed by atoms with Gasteiger partial charge in [-0.1, -0.05) is 17.8 Å². The highest BCUT2D eigenvalue weighted by Crippen LogP contribution is 2.21. The zero-order valence-corrected chi connectivity index (χ0v) is 14.1. The van der Waals surface area contributed by atoms with Crippen LogP contribution >= 0.6 is 11.8 Å². The number of carbonyl (C=O) groups excluding carboxylic acids is 1. The van der Waals surface area contributed by atoms with Crippen LogP contribution < -0.4 is 5.32 Å². The molecule has 0 spiro atoms. The number of aromatic nitrogens is 4. The summed E-state index contributed by atoms with van der Waals surface area (Å²) in [4.78, 5) is 11.1. The van der Waals surface area contributed by atoms with Crippen LogP contribution in [0.2, 0.25) is 0 Å². The number of carbonyl (C=O) groups is 1. The SMILES string of the molecule is CC(=O)Nc1cccc(-n2nnnc2SCCCOCC(F)(F)F)c1. The lowest BCUT2D eigenvalue weighted by Gasteiger charge is -2.08. The number of thioether (sulfide) groups is 1. The smallest absolute Gasteiger partial charge is 0.372 e. The van der Waals surface area contributed by atoms with Crippen LogP contribution in [0.5, 0.6) is 0 Å². The van der Waals surface area contributed by atoms with E-state index in [0.29, 0.717) is 28.7 Å². The molecule has 0 saturated heterocycles. The van der Waals surface area contributed by atoms with Crippen LogP contribution in [-0.4, -0.2) is 51.3 Å². The summed E-state index contributed by atoms with van der Waals surface area (Å²) in [6, 6.07) is 6.98. The molecule has 1 N–H and O–H groups in total. The first-order chi connectivity index (χ1) is 11.8. The van der Waals surface area contributed by atoms with Crippen LogP contribution in [0.15, 0.2) is 29.4 Å². The number of amides is 1. The summed E-state index contributed by atoms with van der Waals surface area (Å²) in [5.74, 6) is 0.311. The van der Waals surface area contributed by atoms with Gasteiger partial charge in [-0.25, -0.2) is 0 Å². The number of nitrogens with one attached hydrogen (secondary N) is 1. The zero-order valence-electron chi connectivity index (χ0n) is 13.3. The molecule has 0 aliphatic rings. The van der Waals surface area contributed by atoms with Crippen molar-refractivity contribution in [3.8, 4) is 5.69 Å². The van der Waals surface area contributed by atoms with E-state index in [2.05, 4.69) is 25.6 Å². The lowest BCUT2D eigenvalue weighted by molar-refractivity contribution is -0.173. The summed E-state index contributed by atoms with van der Waals surface area (Å²) in [7, 11) is 0. The molecule has 1 aromatic heterocycles. The van der Waals surface area contributed by atoms with Crippen LogP contribution in [0.25, 0.3) is 5.69 Å². The molecule has 0 saturated carbocycles. The van der Waals surface area contributed by atoms with E-state index in [9.17, 15) is 18.0 Å². The summed E-state index contributed by atoms with van der Waals surface area (Å²) < 4.78 is 41.9. The third kappa shape index (κ3) is 6.70. The Labute approximate surface area is 145 Å². The summed E-state index contributed by atoms with van der Waals surface area (Å²) in [5, 5.41) is 14.6. The lowest BCUT2D eigenvalue weighted by Crippen LogP contribution is -2.17. The van der Waals surface area contributed by atoms with Gasteiger partial charge in [0.2, 0.25) is 11.1 Å². The minimum atomic E-state index is -4.31. The van der Waals surface area contributed by atoms with Crippen molar-refractivity contribution in [2.45, 2.75) is 24.7 Å². The number of anilines is 1. The Morgan fingerprint density at radius 1 is 1.40 bits per heavy atom. The predicted molar refractivity (Wildman–Crippen MR) is 85.7 cm³/mol. The lowest BCUT2D eigenvalue weighted by atomic mass is 10.3. The molecule has 0 aliphatic heterocycles. The highest BCUT2D eigenvalue weighted by Gasteiger charge is 2.27. The fourth-order valence-electron chi connectivity index (χ4n) is 1.86. The minimum Gasteiger partial charge on any atom is -0.372 e. The molecule has 2 rings (SSSR count). The van der Waals surface area contributed by atoms with E-state index in [1.807, 2.05) is 0 Å². The molecule has 0 radical (unpaired) electrons. The van der Waals surface area contributed by atoms with Gasteiger partial charge >= 0.3 is 6.18 Å². The van der Waals surface area contributed by atoms with Gasteiger partial charge < -0.3 is 10.1 Å². The molecule has 2 aromatic rings. The second-order valence-corrected chi connectivity index (χ2v) is 6.04. The molecule has 136 valence electrons. The molecule has 0 atom stereocenters. The number of benzene rings is 1. The van der Waals surface area contributed by atoms with Crippen molar-refractivity contribution < 1.29 is 22.7 Å². The Balaban J connectivity index is 1.89. The van der Waals surface area contributed by atoms with Crippen LogP contribution in [0.4, 0.5) is 18.9 Å². The van der Waals surface area contributed by atoms with Crippen molar-refractivity contribution in [3.63, 3.8) is 0 Å². The Hall–Kier alpha value is -2.14. The maximum absolute atomic E-state index is 12.0. The third-order valence-electron chi connectivity index (χ3n) is 2.78. The Morgan fingerprint density at radius 2 is 2.20 bits per heavy atom. The van der Waals surface area contributed by atoms with Crippen molar-refractivity contribution in [2.75, 3.05) is 24.3 Å². The van der Waals surface area contributed by atoms with E-state index in [1.165, 1.54) is 23.4 Å². The average Bonchev–Trinajstić information content (AvgIpc) is 2.98. The maximum atomic E-state index is 12.0. The number of tetrazole rings is 1. The number of hydrogen-bond acceptors (Lipinski definition) is 6. The van der Waals surface area contributed by atoms with Crippen molar-refractivity contribution >= 4 is 23.4 Å². The Morgan fingerprint density at radius 3 is 2.92 bits per heavy atom. The largest absolute Gasteiger partial charge is 0.411 e. The Bertz CT molecular complexity index is 708. The molecule has 1 heterocycles. The van der Waals surface area contributed by atoms with Crippen LogP contribution in [-0.2, 0) is 9.53 Å². The third-order valence-corrected chi connectivity index (χ3v) is 3.79. The van der Waals surface area contributed by atoms with Gasteiger partial charge in [-0.15, -0.1) is 5.10 Å². The van der Waals surface area contributed by atoms with Gasteiger partial charge in [0.05, 0.1) is 5.69 Å². The monoisotopic (exact) mass is 375 g/mol. The van der Waals surface area contributed by atoms with Gasteiger partial charge in [0, 0.05) is 25.0 Å². The van der Waals surface area contributed by atoms with Crippen molar-refractivity contribution in [1.82, 2.24) is 20.2 Å². The quantitative estimate of drug-likeness (QED) is 0.564. The van der Waals surface area contributed by atoms with Crippen molar-refractivity contribution in [2.24, 2.45) is 0 Å². The summed E-state index contributed by atoms with van der Waals surface area (Å²) in [6.45, 7) is 0.170.